The van der Waals surface area contributed by atoms with Crippen LogP contribution in [0.3, 0.4) is 0 Å². The number of carbonyl (C=O) groups is 4. The Morgan fingerprint density at radius 3 is 2.28 bits per heavy atom. The van der Waals surface area contributed by atoms with Crippen LogP contribution in [0.4, 0.5) is 0 Å². The smallest absolute Gasteiger partial charge is 0.308 e. The van der Waals surface area contributed by atoms with Crippen molar-refractivity contribution in [2.45, 2.75) is 32.1 Å². The van der Waals surface area contributed by atoms with Crippen LogP contribution in [-0.4, -0.2) is 55.8 Å². The van der Waals surface area contributed by atoms with Crippen LogP contribution in [0.1, 0.15) is 42.5 Å². The quantitative estimate of drug-likeness (QED) is 0.372. The number of fused-ring (bicyclic) bond motifs is 1. The molecular weight excluding hydrogens is 378 g/mol. The van der Waals surface area contributed by atoms with Gasteiger partial charge in [0.25, 0.3) is 0 Å². The molecule has 2 atom stereocenters. The van der Waals surface area contributed by atoms with Crippen molar-refractivity contribution in [3.05, 3.63) is 23.8 Å². The van der Waals surface area contributed by atoms with Gasteiger partial charge in [0, 0.05) is 6.54 Å². The number of benzene rings is 1. The van der Waals surface area contributed by atoms with Gasteiger partial charge in [-0.3, -0.25) is 24.1 Å². The molecule has 1 aromatic rings. The van der Waals surface area contributed by atoms with Gasteiger partial charge in [-0.25, -0.2) is 0 Å². The van der Waals surface area contributed by atoms with Crippen LogP contribution in [-0.2, 0) is 19.1 Å². The molecule has 1 aromatic carbocycles. The molecular formula is C21H25NO7. The van der Waals surface area contributed by atoms with Gasteiger partial charge >= 0.3 is 5.97 Å². The summed E-state index contributed by atoms with van der Waals surface area (Å²) in [5.74, 6) is -1.11. The van der Waals surface area contributed by atoms with E-state index in [9.17, 15) is 19.2 Å². The highest BCUT2D eigenvalue weighted by Gasteiger charge is 2.47. The summed E-state index contributed by atoms with van der Waals surface area (Å²) in [4.78, 5) is 50.5. The molecule has 2 aliphatic rings. The maximum Gasteiger partial charge on any atom is 0.308 e. The average Bonchev–Trinajstić information content (AvgIpc) is 3.00. The Morgan fingerprint density at radius 2 is 1.69 bits per heavy atom. The third kappa shape index (κ3) is 4.41. The summed E-state index contributed by atoms with van der Waals surface area (Å²) in [6, 6.07) is 4.76. The lowest BCUT2D eigenvalue weighted by Gasteiger charge is -2.19. The SMILES string of the molecule is COc1ccc(OC)c(C(=O)COC(=O)CCN2C(=O)[C@H]3CCCC[C@@H]3C2=O)c1. The minimum atomic E-state index is -0.643. The van der Waals surface area contributed by atoms with E-state index in [1.54, 1.807) is 12.1 Å². The van der Waals surface area contributed by atoms with E-state index in [0.29, 0.717) is 11.5 Å². The molecule has 2 fully saturated rings. The van der Waals surface area contributed by atoms with Gasteiger partial charge in [-0.2, -0.15) is 0 Å². The van der Waals surface area contributed by atoms with Crippen molar-refractivity contribution in [1.82, 2.24) is 4.90 Å². The lowest BCUT2D eigenvalue weighted by atomic mass is 9.81. The van der Waals surface area contributed by atoms with E-state index >= 15 is 0 Å². The largest absolute Gasteiger partial charge is 0.497 e. The van der Waals surface area contributed by atoms with Crippen LogP contribution in [0.2, 0.25) is 0 Å². The van der Waals surface area contributed by atoms with E-state index in [1.165, 1.54) is 25.2 Å². The molecule has 8 heteroatoms. The Hall–Kier alpha value is -2.90. The van der Waals surface area contributed by atoms with Crippen LogP contribution < -0.4 is 9.47 Å². The fourth-order valence-electron chi connectivity index (χ4n) is 3.98. The maximum atomic E-state index is 12.4. The second-order valence-corrected chi connectivity index (χ2v) is 7.23. The topological polar surface area (TPSA) is 99.2 Å². The number of hydrogen-bond acceptors (Lipinski definition) is 7. The zero-order valence-electron chi connectivity index (χ0n) is 16.6. The van der Waals surface area contributed by atoms with Gasteiger partial charge in [0.1, 0.15) is 11.5 Å². The molecule has 1 heterocycles. The van der Waals surface area contributed by atoms with E-state index in [0.717, 1.165) is 25.7 Å². The zero-order valence-corrected chi connectivity index (χ0v) is 16.6. The Labute approximate surface area is 169 Å². The van der Waals surface area contributed by atoms with Crippen molar-refractivity contribution in [2.75, 3.05) is 27.4 Å². The number of methoxy groups -OCH3 is 2. The maximum absolute atomic E-state index is 12.4. The lowest BCUT2D eigenvalue weighted by molar-refractivity contribution is -0.145. The zero-order chi connectivity index (χ0) is 21.0. The van der Waals surface area contributed by atoms with Gasteiger partial charge in [0.2, 0.25) is 17.6 Å². The standard InChI is InChI=1S/C21H25NO7/c1-27-13-7-8-18(28-2)16(11-13)17(23)12-29-19(24)9-10-22-20(25)14-5-3-4-6-15(14)21(22)26/h7-8,11,14-15H,3-6,9-10,12H2,1-2H3/t14-,15-/m0/s1. The molecule has 1 saturated heterocycles. The van der Waals surface area contributed by atoms with Gasteiger partial charge in [-0.05, 0) is 31.0 Å². The van der Waals surface area contributed by atoms with Crippen molar-refractivity contribution < 1.29 is 33.4 Å². The van der Waals surface area contributed by atoms with Crippen molar-refractivity contribution >= 4 is 23.6 Å². The van der Waals surface area contributed by atoms with E-state index in [2.05, 4.69) is 0 Å². The Balaban J connectivity index is 1.52. The van der Waals surface area contributed by atoms with Crippen LogP contribution in [0.15, 0.2) is 18.2 Å². The molecule has 3 rings (SSSR count). The molecule has 1 aliphatic heterocycles. The number of ketones is 1. The minimum Gasteiger partial charge on any atom is -0.497 e. The van der Waals surface area contributed by atoms with Gasteiger partial charge in [-0.1, -0.05) is 12.8 Å². The second kappa shape index (κ2) is 9.07. The molecule has 29 heavy (non-hydrogen) atoms. The third-order valence-electron chi connectivity index (χ3n) is 5.54. The van der Waals surface area contributed by atoms with E-state index in [-0.39, 0.29) is 42.2 Å². The molecule has 156 valence electrons. The van der Waals surface area contributed by atoms with Gasteiger partial charge < -0.3 is 14.2 Å². The Morgan fingerprint density at radius 1 is 1.03 bits per heavy atom. The fourth-order valence-corrected chi connectivity index (χ4v) is 3.98. The third-order valence-corrected chi connectivity index (χ3v) is 5.54. The predicted molar refractivity (Wildman–Crippen MR) is 102 cm³/mol. The summed E-state index contributed by atoms with van der Waals surface area (Å²) in [7, 11) is 2.92. The summed E-state index contributed by atoms with van der Waals surface area (Å²) >= 11 is 0. The fraction of sp³-hybridized carbons (Fsp3) is 0.524. The van der Waals surface area contributed by atoms with Crippen LogP contribution in [0.5, 0.6) is 11.5 Å². The lowest BCUT2D eigenvalue weighted by Crippen LogP contribution is -2.33. The van der Waals surface area contributed by atoms with E-state index in [4.69, 9.17) is 14.2 Å². The number of amides is 2. The molecule has 1 aliphatic carbocycles. The molecule has 0 unspecified atom stereocenters. The second-order valence-electron chi connectivity index (χ2n) is 7.23. The van der Waals surface area contributed by atoms with Crippen LogP contribution >= 0.6 is 0 Å². The van der Waals surface area contributed by atoms with Crippen molar-refractivity contribution in [2.24, 2.45) is 11.8 Å². The van der Waals surface area contributed by atoms with Crippen LogP contribution in [0.25, 0.3) is 0 Å². The molecule has 2 amide bonds. The number of Topliss-reactive ketones (excluding diaryl/α,β-unsaturated/α-hetero) is 1. The molecule has 8 nitrogen and oxygen atoms in total. The summed E-state index contributed by atoms with van der Waals surface area (Å²) in [6.07, 6.45) is 3.22. The average molecular weight is 403 g/mol. The number of esters is 1. The Kier molecular flexibility index (Phi) is 6.51. The van der Waals surface area contributed by atoms with Gasteiger partial charge in [0.15, 0.2) is 6.61 Å². The van der Waals surface area contributed by atoms with Crippen molar-refractivity contribution in [3.8, 4) is 11.5 Å². The molecule has 0 N–H and O–H groups in total. The summed E-state index contributed by atoms with van der Waals surface area (Å²) in [6.45, 7) is -0.477. The summed E-state index contributed by atoms with van der Waals surface area (Å²) in [5, 5.41) is 0. The summed E-state index contributed by atoms with van der Waals surface area (Å²) < 4.78 is 15.3. The molecule has 0 spiro atoms. The van der Waals surface area contributed by atoms with Gasteiger partial charge in [-0.15, -0.1) is 0 Å². The number of carbonyl (C=O) groups excluding carboxylic acids is 4. The number of rotatable bonds is 8. The highest BCUT2D eigenvalue weighted by molar-refractivity contribution is 6.05. The van der Waals surface area contributed by atoms with Crippen LogP contribution in [0, 0.1) is 11.8 Å². The van der Waals surface area contributed by atoms with Crippen molar-refractivity contribution in [3.63, 3.8) is 0 Å². The normalized spacial score (nSPS) is 21.0. The number of ether oxygens (including phenoxy) is 3. The first-order chi connectivity index (χ1) is 14.0. The molecule has 1 saturated carbocycles. The number of imide groups is 1. The highest BCUT2D eigenvalue weighted by Crippen LogP contribution is 2.38. The van der Waals surface area contributed by atoms with E-state index < -0.39 is 18.4 Å². The first-order valence-corrected chi connectivity index (χ1v) is 9.72. The minimum absolute atomic E-state index is 0.0137. The highest BCUT2D eigenvalue weighted by atomic mass is 16.5. The molecule has 0 aromatic heterocycles. The number of likely N-dealkylation sites (tertiary alicyclic amines) is 1. The predicted octanol–water partition coefficient (Wildman–Crippen LogP) is 1.99. The molecule has 0 radical (unpaired) electrons. The monoisotopic (exact) mass is 403 g/mol. The van der Waals surface area contributed by atoms with Crippen molar-refractivity contribution in [1.29, 1.82) is 0 Å². The Bertz CT molecular complexity index is 795. The first-order valence-electron chi connectivity index (χ1n) is 9.72. The first kappa shape index (κ1) is 20.8. The van der Waals surface area contributed by atoms with Gasteiger partial charge in [0.05, 0.1) is 38.0 Å². The van der Waals surface area contributed by atoms with E-state index in [1.807, 2.05) is 0 Å². The number of nitrogens with zero attached hydrogens (tertiary/aromatic N) is 1. The summed E-state index contributed by atoms with van der Waals surface area (Å²) in [5.41, 5.74) is 0.244. The number of hydrogen-bond donors (Lipinski definition) is 0. The molecule has 0 bridgehead atoms.